The van der Waals surface area contributed by atoms with Crippen LogP contribution in [0.25, 0.3) is 17.1 Å². The fraction of sp³-hybridized carbons (Fsp3) is 0.333. The van der Waals surface area contributed by atoms with Crippen molar-refractivity contribution in [3.63, 3.8) is 0 Å². The number of nitrogens with one attached hydrogen (secondary N) is 1. The highest BCUT2D eigenvalue weighted by atomic mass is 35.5. The van der Waals surface area contributed by atoms with Crippen molar-refractivity contribution in [3.8, 4) is 17.1 Å². The molecule has 0 aliphatic rings. The van der Waals surface area contributed by atoms with Crippen LogP contribution in [0.15, 0.2) is 35.4 Å². The normalized spacial score (nSPS) is 12.0. The van der Waals surface area contributed by atoms with E-state index in [2.05, 4.69) is 32.5 Å². The molecule has 0 aliphatic heterocycles. The van der Waals surface area contributed by atoms with Crippen LogP contribution in [0, 0.1) is 6.92 Å². The third kappa shape index (κ3) is 3.75. The molecule has 0 aliphatic carbocycles. The Morgan fingerprint density at radius 1 is 1.35 bits per heavy atom. The van der Waals surface area contributed by atoms with Crippen LogP contribution in [-0.4, -0.2) is 38.0 Å². The standard InChI is InChI=1S/C15H18N6O.ClH/c1-10-6-12(21-9-17-8-18-21)4-5-13(10)15-19-14(20-22-15)7-11(2)16-3;/h4-6,8-9,11,16H,7H2,1-3H3;1H. The van der Waals surface area contributed by atoms with Crippen LogP contribution in [0.3, 0.4) is 0 Å². The van der Waals surface area contributed by atoms with Gasteiger partial charge in [-0.25, -0.2) is 9.67 Å². The molecule has 0 amide bonds. The molecule has 23 heavy (non-hydrogen) atoms. The van der Waals surface area contributed by atoms with Gasteiger partial charge in [-0.05, 0) is 44.7 Å². The summed E-state index contributed by atoms with van der Waals surface area (Å²) in [5.74, 6) is 1.25. The first kappa shape index (κ1) is 17.1. The average Bonchev–Trinajstić information content (AvgIpc) is 3.18. The van der Waals surface area contributed by atoms with Crippen LogP contribution < -0.4 is 5.32 Å². The summed E-state index contributed by atoms with van der Waals surface area (Å²) in [4.78, 5) is 8.42. The van der Waals surface area contributed by atoms with Gasteiger partial charge in [-0.2, -0.15) is 10.1 Å². The molecule has 0 saturated heterocycles. The number of rotatable bonds is 5. The fourth-order valence-electron chi connectivity index (χ4n) is 2.19. The molecule has 1 atom stereocenters. The van der Waals surface area contributed by atoms with Crippen molar-refractivity contribution in [3.05, 3.63) is 42.2 Å². The first-order valence-corrected chi connectivity index (χ1v) is 7.13. The highest BCUT2D eigenvalue weighted by molar-refractivity contribution is 5.85. The predicted octanol–water partition coefficient (Wildman–Crippen LogP) is 2.20. The summed E-state index contributed by atoms with van der Waals surface area (Å²) in [6.07, 6.45) is 3.91. The van der Waals surface area contributed by atoms with E-state index >= 15 is 0 Å². The van der Waals surface area contributed by atoms with Gasteiger partial charge in [-0.1, -0.05) is 5.16 Å². The maximum Gasteiger partial charge on any atom is 0.258 e. The Balaban J connectivity index is 0.00000192. The van der Waals surface area contributed by atoms with Crippen LogP contribution in [-0.2, 0) is 6.42 Å². The van der Waals surface area contributed by atoms with Gasteiger partial charge in [-0.3, -0.25) is 0 Å². The van der Waals surface area contributed by atoms with Gasteiger partial charge in [0.15, 0.2) is 5.82 Å². The number of aryl methyl sites for hydroxylation is 1. The Kier molecular flexibility index (Phi) is 5.46. The lowest BCUT2D eigenvalue weighted by molar-refractivity contribution is 0.418. The lowest BCUT2D eigenvalue weighted by atomic mass is 10.1. The molecule has 0 bridgehead atoms. The monoisotopic (exact) mass is 334 g/mol. The summed E-state index contributed by atoms with van der Waals surface area (Å²) in [6, 6.07) is 6.24. The zero-order chi connectivity index (χ0) is 15.5. The third-order valence-corrected chi connectivity index (χ3v) is 3.57. The van der Waals surface area contributed by atoms with Gasteiger partial charge < -0.3 is 9.84 Å². The van der Waals surface area contributed by atoms with Gasteiger partial charge in [0, 0.05) is 18.0 Å². The lowest BCUT2D eigenvalue weighted by Gasteiger charge is -2.05. The number of halogens is 1. The molecular formula is C15H19ClN6O. The maximum absolute atomic E-state index is 5.38. The quantitative estimate of drug-likeness (QED) is 0.770. The summed E-state index contributed by atoms with van der Waals surface area (Å²) in [7, 11) is 1.92. The predicted molar refractivity (Wildman–Crippen MR) is 88.9 cm³/mol. The Bertz CT molecular complexity index is 755. The second kappa shape index (κ2) is 7.34. The van der Waals surface area contributed by atoms with Crippen molar-refractivity contribution in [2.75, 3.05) is 7.05 Å². The molecule has 8 heteroatoms. The highest BCUT2D eigenvalue weighted by Crippen LogP contribution is 2.24. The van der Waals surface area contributed by atoms with Crippen molar-refractivity contribution in [2.45, 2.75) is 26.3 Å². The Morgan fingerprint density at radius 2 is 2.17 bits per heavy atom. The molecule has 1 unspecified atom stereocenters. The van der Waals surface area contributed by atoms with E-state index in [-0.39, 0.29) is 12.4 Å². The van der Waals surface area contributed by atoms with Crippen molar-refractivity contribution < 1.29 is 4.52 Å². The second-order valence-electron chi connectivity index (χ2n) is 5.25. The Labute approximate surface area is 140 Å². The van der Waals surface area contributed by atoms with Crippen molar-refractivity contribution in [1.29, 1.82) is 0 Å². The number of aromatic nitrogens is 5. The highest BCUT2D eigenvalue weighted by Gasteiger charge is 2.13. The topological polar surface area (TPSA) is 81.7 Å². The molecular weight excluding hydrogens is 316 g/mol. The molecule has 2 aromatic heterocycles. The zero-order valence-electron chi connectivity index (χ0n) is 13.2. The molecule has 2 heterocycles. The summed E-state index contributed by atoms with van der Waals surface area (Å²) in [6.45, 7) is 4.09. The number of benzene rings is 1. The Hall–Kier alpha value is -2.25. The van der Waals surface area contributed by atoms with E-state index in [1.165, 1.54) is 6.33 Å². The van der Waals surface area contributed by atoms with Gasteiger partial charge in [0.2, 0.25) is 0 Å². The van der Waals surface area contributed by atoms with Gasteiger partial charge in [0.05, 0.1) is 5.69 Å². The van der Waals surface area contributed by atoms with E-state index in [0.29, 0.717) is 17.8 Å². The zero-order valence-corrected chi connectivity index (χ0v) is 14.0. The van der Waals surface area contributed by atoms with E-state index in [9.17, 15) is 0 Å². The third-order valence-electron chi connectivity index (χ3n) is 3.57. The van der Waals surface area contributed by atoms with Crippen LogP contribution in [0.5, 0.6) is 0 Å². The van der Waals surface area contributed by atoms with E-state index in [1.54, 1.807) is 11.0 Å². The molecule has 0 radical (unpaired) electrons. The van der Waals surface area contributed by atoms with Crippen molar-refractivity contribution >= 4 is 12.4 Å². The largest absolute Gasteiger partial charge is 0.334 e. The summed E-state index contributed by atoms with van der Waals surface area (Å²) in [5.41, 5.74) is 2.92. The van der Waals surface area contributed by atoms with E-state index in [0.717, 1.165) is 23.2 Å². The van der Waals surface area contributed by atoms with Crippen molar-refractivity contribution in [2.24, 2.45) is 0 Å². The summed E-state index contributed by atoms with van der Waals surface area (Å²) in [5, 5.41) is 11.3. The minimum atomic E-state index is 0. The smallest absolute Gasteiger partial charge is 0.258 e. The van der Waals surface area contributed by atoms with Crippen LogP contribution in [0.4, 0.5) is 0 Å². The van der Waals surface area contributed by atoms with Gasteiger partial charge in [0.1, 0.15) is 12.7 Å². The molecule has 1 aromatic carbocycles. The van der Waals surface area contributed by atoms with Crippen LogP contribution >= 0.6 is 12.4 Å². The van der Waals surface area contributed by atoms with Gasteiger partial charge in [-0.15, -0.1) is 12.4 Å². The van der Waals surface area contributed by atoms with Crippen molar-refractivity contribution in [1.82, 2.24) is 30.2 Å². The summed E-state index contributed by atoms with van der Waals surface area (Å²) < 4.78 is 7.10. The minimum Gasteiger partial charge on any atom is -0.334 e. The summed E-state index contributed by atoms with van der Waals surface area (Å²) >= 11 is 0. The molecule has 3 aromatic rings. The molecule has 0 saturated carbocycles. The number of likely N-dealkylation sites (N-methyl/N-ethyl adjacent to an activating group) is 1. The minimum absolute atomic E-state index is 0. The fourth-order valence-corrected chi connectivity index (χ4v) is 2.19. The van der Waals surface area contributed by atoms with Crippen LogP contribution in [0.2, 0.25) is 0 Å². The van der Waals surface area contributed by atoms with Crippen LogP contribution in [0.1, 0.15) is 18.3 Å². The average molecular weight is 335 g/mol. The SMILES string of the molecule is CNC(C)Cc1noc(-c2ccc(-n3cncn3)cc2C)n1.Cl. The first-order valence-electron chi connectivity index (χ1n) is 7.13. The maximum atomic E-state index is 5.38. The molecule has 3 rings (SSSR count). The Morgan fingerprint density at radius 3 is 2.83 bits per heavy atom. The number of nitrogens with zero attached hydrogens (tertiary/aromatic N) is 5. The van der Waals surface area contributed by atoms with E-state index in [4.69, 9.17) is 4.52 Å². The van der Waals surface area contributed by atoms with E-state index in [1.807, 2.05) is 32.2 Å². The molecule has 0 fully saturated rings. The van der Waals surface area contributed by atoms with Gasteiger partial charge >= 0.3 is 0 Å². The number of hydrogen-bond donors (Lipinski definition) is 1. The molecule has 0 spiro atoms. The van der Waals surface area contributed by atoms with Gasteiger partial charge in [0.25, 0.3) is 5.89 Å². The molecule has 7 nitrogen and oxygen atoms in total. The molecule has 122 valence electrons. The molecule has 1 N–H and O–H groups in total. The second-order valence-corrected chi connectivity index (χ2v) is 5.25. The van der Waals surface area contributed by atoms with E-state index < -0.39 is 0 Å². The number of hydrogen-bond acceptors (Lipinski definition) is 6. The lowest BCUT2D eigenvalue weighted by Crippen LogP contribution is -2.24. The first-order chi connectivity index (χ1) is 10.7.